The van der Waals surface area contributed by atoms with Gasteiger partial charge in [0.05, 0.1) is 0 Å². The minimum atomic E-state index is 0.0731. The Morgan fingerprint density at radius 1 is 1.33 bits per heavy atom. The molecular weight excluding hydrogens is 268 g/mol. The molecule has 1 saturated heterocycles. The van der Waals surface area contributed by atoms with Gasteiger partial charge in [-0.15, -0.1) is 0 Å². The minimum Gasteiger partial charge on any atom is -0.396 e. The van der Waals surface area contributed by atoms with Gasteiger partial charge in [-0.25, -0.2) is 4.98 Å². The maximum Gasteiger partial charge on any atom is 0.254 e. The van der Waals surface area contributed by atoms with Crippen molar-refractivity contribution in [1.29, 1.82) is 0 Å². The van der Waals surface area contributed by atoms with Gasteiger partial charge in [0.25, 0.3) is 5.91 Å². The maximum absolute atomic E-state index is 12.5. The number of carbonyl (C=O) groups excluding carboxylic acids is 1. The third-order valence-corrected chi connectivity index (χ3v) is 3.80. The van der Waals surface area contributed by atoms with Crippen LogP contribution in [0.25, 0.3) is 0 Å². The summed E-state index contributed by atoms with van der Waals surface area (Å²) in [4.78, 5) is 20.8. The van der Waals surface area contributed by atoms with Gasteiger partial charge in [0.1, 0.15) is 5.82 Å². The molecule has 1 aliphatic heterocycles. The fourth-order valence-corrected chi connectivity index (χ4v) is 2.50. The summed E-state index contributed by atoms with van der Waals surface area (Å²) in [6.07, 6.45) is 3.52. The Hall–Kier alpha value is -1.66. The Balaban J connectivity index is 1.85. The quantitative estimate of drug-likeness (QED) is 0.754. The monoisotopic (exact) mass is 292 g/mol. The lowest BCUT2D eigenvalue weighted by atomic mass is 10.2. The molecule has 116 valence electrons. The highest BCUT2D eigenvalue weighted by atomic mass is 16.2. The number of aromatic nitrogens is 1. The molecule has 2 heterocycles. The Labute approximate surface area is 125 Å². The number of pyridine rings is 1. The van der Waals surface area contributed by atoms with E-state index in [4.69, 9.17) is 5.11 Å². The smallest absolute Gasteiger partial charge is 0.254 e. The lowest BCUT2D eigenvalue weighted by Gasteiger charge is -2.34. The molecule has 1 aromatic heterocycles. The molecule has 2 rings (SSSR count). The Bertz CT molecular complexity index is 459. The van der Waals surface area contributed by atoms with Gasteiger partial charge >= 0.3 is 0 Å². The van der Waals surface area contributed by atoms with Crippen molar-refractivity contribution in [3.63, 3.8) is 0 Å². The van der Waals surface area contributed by atoms with Crippen LogP contribution in [0, 0.1) is 0 Å². The molecule has 0 saturated carbocycles. The van der Waals surface area contributed by atoms with Crippen molar-refractivity contribution in [3.05, 3.63) is 23.9 Å². The van der Waals surface area contributed by atoms with Crippen molar-refractivity contribution in [2.24, 2.45) is 0 Å². The summed E-state index contributed by atoms with van der Waals surface area (Å²) in [6.45, 7) is 4.59. The number of nitrogens with zero attached hydrogens (tertiary/aromatic N) is 3. The van der Waals surface area contributed by atoms with E-state index in [2.05, 4.69) is 15.2 Å². The van der Waals surface area contributed by atoms with Crippen molar-refractivity contribution >= 4 is 11.7 Å². The number of piperazine rings is 1. The molecule has 0 radical (unpaired) electrons. The average Bonchev–Trinajstić information content (AvgIpc) is 2.55. The highest BCUT2D eigenvalue weighted by molar-refractivity contribution is 5.94. The third-order valence-electron chi connectivity index (χ3n) is 3.80. The first-order chi connectivity index (χ1) is 10.2. The number of anilines is 1. The second-order valence-electron chi connectivity index (χ2n) is 5.24. The van der Waals surface area contributed by atoms with Crippen molar-refractivity contribution in [2.45, 2.75) is 12.8 Å². The summed E-state index contributed by atoms with van der Waals surface area (Å²) in [5.74, 6) is 0.785. The second kappa shape index (κ2) is 7.95. The van der Waals surface area contributed by atoms with Gasteiger partial charge in [0.2, 0.25) is 0 Å². The predicted molar refractivity (Wildman–Crippen MR) is 82.4 cm³/mol. The van der Waals surface area contributed by atoms with E-state index in [0.717, 1.165) is 45.6 Å². The van der Waals surface area contributed by atoms with Crippen LogP contribution in [0.4, 0.5) is 5.82 Å². The molecule has 0 spiro atoms. The Morgan fingerprint density at radius 3 is 2.76 bits per heavy atom. The number of carbonyl (C=O) groups is 1. The van der Waals surface area contributed by atoms with Crippen LogP contribution >= 0.6 is 0 Å². The van der Waals surface area contributed by atoms with Crippen LogP contribution in [0.1, 0.15) is 23.2 Å². The van der Waals surface area contributed by atoms with E-state index in [-0.39, 0.29) is 12.5 Å². The molecule has 1 amide bonds. The van der Waals surface area contributed by atoms with Gasteiger partial charge in [-0.3, -0.25) is 9.69 Å². The number of hydrogen-bond donors (Lipinski definition) is 2. The van der Waals surface area contributed by atoms with E-state index < -0.39 is 0 Å². The SMILES string of the molecule is CNc1cc(C(=O)N2CCN(CCCCO)CC2)ccn1. The van der Waals surface area contributed by atoms with Crippen molar-refractivity contribution in [2.75, 3.05) is 51.7 Å². The fraction of sp³-hybridized carbons (Fsp3) is 0.600. The molecule has 2 N–H and O–H groups in total. The van der Waals surface area contributed by atoms with Crippen LogP contribution in [0.2, 0.25) is 0 Å². The molecule has 1 aliphatic rings. The van der Waals surface area contributed by atoms with Gasteiger partial charge < -0.3 is 15.3 Å². The minimum absolute atomic E-state index is 0.0731. The number of nitrogens with one attached hydrogen (secondary N) is 1. The third kappa shape index (κ3) is 4.41. The average molecular weight is 292 g/mol. The van der Waals surface area contributed by atoms with Crippen LogP contribution in [0.3, 0.4) is 0 Å². The number of unbranched alkanes of at least 4 members (excludes halogenated alkanes) is 1. The van der Waals surface area contributed by atoms with Crippen molar-refractivity contribution in [1.82, 2.24) is 14.8 Å². The molecule has 0 aliphatic carbocycles. The summed E-state index contributed by atoms with van der Waals surface area (Å²) in [5, 5.41) is 11.7. The molecule has 6 nitrogen and oxygen atoms in total. The molecule has 1 aromatic rings. The summed E-state index contributed by atoms with van der Waals surface area (Å²) in [5.41, 5.74) is 0.683. The normalized spacial score (nSPS) is 16.0. The predicted octanol–water partition coefficient (Wildman–Crippen LogP) is 0.654. The molecule has 0 unspecified atom stereocenters. The second-order valence-corrected chi connectivity index (χ2v) is 5.24. The van der Waals surface area contributed by atoms with Crippen LogP contribution in [0.15, 0.2) is 18.3 Å². The zero-order valence-corrected chi connectivity index (χ0v) is 12.6. The topological polar surface area (TPSA) is 68.7 Å². The van der Waals surface area contributed by atoms with E-state index in [1.54, 1.807) is 25.4 Å². The number of amides is 1. The van der Waals surface area contributed by atoms with Crippen molar-refractivity contribution < 1.29 is 9.90 Å². The summed E-state index contributed by atoms with van der Waals surface area (Å²) in [7, 11) is 1.79. The molecule has 0 aromatic carbocycles. The lowest BCUT2D eigenvalue weighted by Crippen LogP contribution is -2.48. The first-order valence-corrected chi connectivity index (χ1v) is 7.51. The maximum atomic E-state index is 12.5. The first kappa shape index (κ1) is 15.7. The van der Waals surface area contributed by atoms with Gasteiger partial charge in [0, 0.05) is 51.6 Å². The fourth-order valence-electron chi connectivity index (χ4n) is 2.50. The number of hydrogen-bond acceptors (Lipinski definition) is 5. The molecule has 0 atom stereocenters. The highest BCUT2D eigenvalue weighted by Crippen LogP contribution is 2.12. The van der Waals surface area contributed by atoms with E-state index in [9.17, 15) is 4.79 Å². The van der Waals surface area contributed by atoms with Gasteiger partial charge in [-0.2, -0.15) is 0 Å². The Morgan fingerprint density at radius 2 is 2.10 bits per heavy atom. The molecule has 6 heteroatoms. The zero-order chi connectivity index (χ0) is 15.1. The zero-order valence-electron chi connectivity index (χ0n) is 12.6. The summed E-state index contributed by atoms with van der Waals surface area (Å²) >= 11 is 0. The van der Waals surface area contributed by atoms with E-state index >= 15 is 0 Å². The summed E-state index contributed by atoms with van der Waals surface area (Å²) in [6, 6.07) is 3.55. The highest BCUT2D eigenvalue weighted by Gasteiger charge is 2.21. The van der Waals surface area contributed by atoms with Crippen LogP contribution in [-0.4, -0.2) is 72.2 Å². The molecule has 21 heavy (non-hydrogen) atoms. The van der Waals surface area contributed by atoms with Crippen LogP contribution in [0.5, 0.6) is 0 Å². The first-order valence-electron chi connectivity index (χ1n) is 7.51. The van der Waals surface area contributed by atoms with E-state index in [1.165, 1.54) is 0 Å². The number of aliphatic hydroxyl groups is 1. The van der Waals surface area contributed by atoms with Crippen LogP contribution < -0.4 is 5.32 Å². The standard InChI is InChI=1S/C15H24N4O2/c1-16-14-12-13(4-5-17-14)15(21)19-9-7-18(8-10-19)6-2-3-11-20/h4-5,12,20H,2-3,6-11H2,1H3,(H,16,17). The van der Waals surface area contributed by atoms with E-state index in [1.807, 2.05) is 4.90 Å². The number of aliphatic hydroxyl groups excluding tert-OH is 1. The summed E-state index contributed by atoms with van der Waals surface area (Å²) < 4.78 is 0. The molecular formula is C15H24N4O2. The van der Waals surface area contributed by atoms with Crippen LogP contribution in [-0.2, 0) is 0 Å². The van der Waals surface area contributed by atoms with Crippen molar-refractivity contribution in [3.8, 4) is 0 Å². The molecule has 0 bridgehead atoms. The van der Waals surface area contributed by atoms with Gasteiger partial charge in [-0.05, 0) is 31.5 Å². The van der Waals surface area contributed by atoms with Gasteiger partial charge in [-0.1, -0.05) is 0 Å². The molecule has 1 fully saturated rings. The Kier molecular flexibility index (Phi) is 5.95. The van der Waals surface area contributed by atoms with Gasteiger partial charge in [0.15, 0.2) is 0 Å². The van der Waals surface area contributed by atoms with E-state index in [0.29, 0.717) is 11.4 Å². The number of rotatable bonds is 6. The lowest BCUT2D eigenvalue weighted by molar-refractivity contribution is 0.0634. The largest absolute Gasteiger partial charge is 0.396 e.